The first-order chi connectivity index (χ1) is 11.0. The second-order valence-corrected chi connectivity index (χ2v) is 4.72. The number of nitrogens with zero attached hydrogens (tertiary/aromatic N) is 1. The zero-order valence-electron chi connectivity index (χ0n) is 12.2. The Morgan fingerprint density at radius 2 is 2.04 bits per heavy atom. The summed E-state index contributed by atoms with van der Waals surface area (Å²) in [6, 6.07) is 6.29. The van der Waals surface area contributed by atoms with E-state index in [9.17, 15) is 14.0 Å². The number of carbonyl (C=O) groups excluding carboxylic acids is 1. The largest absolute Gasteiger partial charge is 0.465 e. The molecule has 0 fully saturated rings. The molecule has 0 spiro atoms. The summed E-state index contributed by atoms with van der Waals surface area (Å²) in [5.41, 5.74) is 1.26. The van der Waals surface area contributed by atoms with E-state index >= 15 is 0 Å². The van der Waals surface area contributed by atoms with Gasteiger partial charge in [0.2, 0.25) is 5.91 Å². The highest BCUT2D eigenvalue weighted by Crippen LogP contribution is 2.26. The van der Waals surface area contributed by atoms with Crippen molar-refractivity contribution in [3.63, 3.8) is 0 Å². The fourth-order valence-corrected chi connectivity index (χ4v) is 1.81. The quantitative estimate of drug-likeness (QED) is 0.678. The van der Waals surface area contributed by atoms with Gasteiger partial charge in [0.1, 0.15) is 11.9 Å². The van der Waals surface area contributed by atoms with Crippen LogP contribution < -0.4 is 16.0 Å². The van der Waals surface area contributed by atoms with Gasteiger partial charge in [0.05, 0.1) is 23.3 Å². The molecule has 0 saturated heterocycles. The monoisotopic (exact) mass is 318 g/mol. The zero-order chi connectivity index (χ0) is 16.8. The number of hydrogen-bond donors (Lipinski definition) is 4. The van der Waals surface area contributed by atoms with Gasteiger partial charge in [0.25, 0.3) is 0 Å². The van der Waals surface area contributed by atoms with Gasteiger partial charge in [-0.15, -0.1) is 0 Å². The molecule has 0 aliphatic rings. The summed E-state index contributed by atoms with van der Waals surface area (Å²) in [5, 5.41) is 16.2. The topological polar surface area (TPSA) is 103 Å². The van der Waals surface area contributed by atoms with Gasteiger partial charge in [-0.25, -0.2) is 9.18 Å². The lowest BCUT2D eigenvalue weighted by Crippen LogP contribution is -2.40. The van der Waals surface area contributed by atoms with Gasteiger partial charge in [-0.05, 0) is 37.3 Å². The summed E-state index contributed by atoms with van der Waals surface area (Å²) in [7, 11) is 0. The van der Waals surface area contributed by atoms with Gasteiger partial charge in [0.15, 0.2) is 0 Å². The first-order valence-corrected chi connectivity index (χ1v) is 6.72. The van der Waals surface area contributed by atoms with E-state index in [1.165, 1.54) is 25.1 Å². The van der Waals surface area contributed by atoms with Crippen LogP contribution in [0.4, 0.5) is 26.2 Å². The fourth-order valence-electron chi connectivity index (χ4n) is 1.81. The molecule has 2 rings (SSSR count). The minimum absolute atomic E-state index is 0.319. The molecule has 4 N–H and O–H groups in total. The van der Waals surface area contributed by atoms with Crippen molar-refractivity contribution in [2.24, 2.45) is 0 Å². The molecule has 0 aliphatic carbocycles. The minimum atomic E-state index is -1.31. The Hall–Kier alpha value is -3.16. The summed E-state index contributed by atoms with van der Waals surface area (Å²) in [6.45, 7) is 1.40. The first-order valence-electron chi connectivity index (χ1n) is 6.72. The molecule has 2 aromatic rings. The van der Waals surface area contributed by atoms with Crippen LogP contribution in [0.1, 0.15) is 6.92 Å². The van der Waals surface area contributed by atoms with Crippen molar-refractivity contribution in [3.05, 3.63) is 48.5 Å². The minimum Gasteiger partial charge on any atom is -0.465 e. The highest BCUT2D eigenvalue weighted by Gasteiger charge is 2.16. The van der Waals surface area contributed by atoms with E-state index in [0.29, 0.717) is 17.1 Å². The number of pyridine rings is 1. The van der Waals surface area contributed by atoms with E-state index in [1.807, 2.05) is 5.32 Å². The van der Waals surface area contributed by atoms with Gasteiger partial charge in [-0.2, -0.15) is 0 Å². The molecule has 1 aromatic carbocycles. The van der Waals surface area contributed by atoms with Crippen molar-refractivity contribution < 1.29 is 19.1 Å². The summed E-state index contributed by atoms with van der Waals surface area (Å²) < 4.78 is 13.5. The lowest BCUT2D eigenvalue weighted by Gasteiger charge is -2.16. The third-order valence-electron chi connectivity index (χ3n) is 2.91. The second kappa shape index (κ2) is 7.21. The number of benzene rings is 1. The lowest BCUT2D eigenvalue weighted by molar-refractivity contribution is -0.117. The number of aromatic nitrogens is 1. The van der Waals surface area contributed by atoms with Gasteiger partial charge in [-0.1, -0.05) is 0 Å². The SMILES string of the molecule is C[C@H](NC(=O)O)C(=O)Nc1ccc(F)cc1Nc1cccnc1. The van der Waals surface area contributed by atoms with Crippen molar-refractivity contribution in [2.75, 3.05) is 10.6 Å². The second-order valence-electron chi connectivity index (χ2n) is 4.72. The highest BCUT2D eigenvalue weighted by molar-refractivity contribution is 5.99. The van der Waals surface area contributed by atoms with Crippen LogP contribution in [0.25, 0.3) is 0 Å². The van der Waals surface area contributed by atoms with E-state index in [-0.39, 0.29) is 0 Å². The predicted octanol–water partition coefficient (Wildman–Crippen LogP) is 2.56. The molecule has 0 radical (unpaired) electrons. The Balaban J connectivity index is 2.18. The van der Waals surface area contributed by atoms with Gasteiger partial charge >= 0.3 is 6.09 Å². The summed E-state index contributed by atoms with van der Waals surface area (Å²) in [5.74, 6) is -1.04. The van der Waals surface area contributed by atoms with Crippen LogP contribution in [0.2, 0.25) is 0 Å². The molecule has 1 heterocycles. The van der Waals surface area contributed by atoms with Crippen molar-refractivity contribution in [2.45, 2.75) is 13.0 Å². The van der Waals surface area contributed by atoms with Crippen molar-refractivity contribution in [1.82, 2.24) is 10.3 Å². The standard InChI is InChI=1S/C15H15FN4O3/c1-9(18-15(22)23)14(21)20-12-5-4-10(16)7-13(12)19-11-3-2-6-17-8-11/h2-9,18-19H,1H3,(H,20,21)(H,22,23)/t9-/m0/s1. The van der Waals surface area contributed by atoms with E-state index in [0.717, 1.165) is 0 Å². The Morgan fingerprint density at radius 3 is 2.70 bits per heavy atom. The van der Waals surface area contributed by atoms with Crippen molar-refractivity contribution in [1.29, 1.82) is 0 Å². The van der Waals surface area contributed by atoms with Gasteiger partial charge in [0, 0.05) is 6.20 Å². The molecule has 2 amide bonds. The van der Waals surface area contributed by atoms with Crippen LogP contribution in [0, 0.1) is 5.82 Å². The number of anilines is 3. The Kier molecular flexibility index (Phi) is 5.08. The van der Waals surface area contributed by atoms with E-state index in [2.05, 4.69) is 15.6 Å². The highest BCUT2D eigenvalue weighted by atomic mass is 19.1. The molecule has 120 valence electrons. The number of rotatable bonds is 5. The van der Waals surface area contributed by atoms with Crippen molar-refractivity contribution in [3.8, 4) is 0 Å². The maximum atomic E-state index is 13.5. The average Bonchev–Trinajstić information content (AvgIpc) is 2.50. The molecule has 0 saturated carbocycles. The van der Waals surface area contributed by atoms with Crippen LogP contribution in [-0.4, -0.2) is 28.1 Å². The third-order valence-corrected chi connectivity index (χ3v) is 2.91. The molecule has 23 heavy (non-hydrogen) atoms. The Bertz CT molecular complexity index is 709. The summed E-state index contributed by atoms with van der Waals surface area (Å²) in [4.78, 5) is 26.5. The maximum Gasteiger partial charge on any atom is 0.405 e. The van der Waals surface area contributed by atoms with Crippen LogP contribution in [0.5, 0.6) is 0 Å². The average molecular weight is 318 g/mol. The molecule has 0 unspecified atom stereocenters. The molecule has 0 aliphatic heterocycles. The molecule has 1 aromatic heterocycles. The molecule has 8 heteroatoms. The molecular formula is C15H15FN4O3. The third kappa shape index (κ3) is 4.67. The fraction of sp³-hybridized carbons (Fsp3) is 0.133. The van der Waals surface area contributed by atoms with Crippen LogP contribution >= 0.6 is 0 Å². The summed E-state index contributed by atoms with van der Waals surface area (Å²) in [6.07, 6.45) is 1.84. The Morgan fingerprint density at radius 1 is 1.26 bits per heavy atom. The predicted molar refractivity (Wildman–Crippen MR) is 83.2 cm³/mol. The summed E-state index contributed by atoms with van der Waals surface area (Å²) >= 11 is 0. The number of amides is 2. The van der Waals surface area contributed by atoms with E-state index < -0.39 is 23.9 Å². The van der Waals surface area contributed by atoms with E-state index in [4.69, 9.17) is 5.11 Å². The zero-order valence-corrected chi connectivity index (χ0v) is 12.2. The number of carboxylic acid groups (broad SMARTS) is 1. The number of halogens is 1. The van der Waals surface area contributed by atoms with E-state index in [1.54, 1.807) is 24.5 Å². The molecule has 1 atom stereocenters. The Labute approximate surface area is 131 Å². The molecule has 7 nitrogen and oxygen atoms in total. The lowest BCUT2D eigenvalue weighted by atomic mass is 10.2. The molecule has 0 bridgehead atoms. The van der Waals surface area contributed by atoms with Crippen LogP contribution in [-0.2, 0) is 4.79 Å². The molecular weight excluding hydrogens is 303 g/mol. The number of carbonyl (C=O) groups is 2. The first kappa shape index (κ1) is 16.2. The van der Waals surface area contributed by atoms with Gasteiger partial charge in [-0.3, -0.25) is 9.78 Å². The van der Waals surface area contributed by atoms with Crippen LogP contribution in [0.15, 0.2) is 42.7 Å². The smallest absolute Gasteiger partial charge is 0.405 e. The van der Waals surface area contributed by atoms with Crippen molar-refractivity contribution >= 4 is 29.1 Å². The normalized spacial score (nSPS) is 11.4. The number of nitrogens with one attached hydrogen (secondary N) is 3. The maximum absolute atomic E-state index is 13.5. The van der Waals surface area contributed by atoms with Crippen LogP contribution in [0.3, 0.4) is 0 Å². The number of hydrogen-bond acceptors (Lipinski definition) is 4. The van der Waals surface area contributed by atoms with Gasteiger partial charge < -0.3 is 21.1 Å².